The Morgan fingerprint density at radius 2 is 1.43 bits per heavy atom. The number of amides is 1. The van der Waals surface area contributed by atoms with Crippen LogP contribution in [0.2, 0.25) is 0 Å². The molecule has 21 heavy (non-hydrogen) atoms. The van der Waals surface area contributed by atoms with Gasteiger partial charge in [0, 0.05) is 11.3 Å². The molecule has 1 aliphatic rings. The summed E-state index contributed by atoms with van der Waals surface area (Å²) in [5.74, 6) is 0.0491. The normalized spacial score (nSPS) is 13.0. The fourth-order valence-electron chi connectivity index (χ4n) is 2.88. The number of fused-ring (bicyclic) bond motifs is 1. The largest absolute Gasteiger partial charge is 0.356 e. The predicted molar refractivity (Wildman–Crippen MR) is 84.0 cm³/mol. The zero-order valence-electron chi connectivity index (χ0n) is 11.4. The number of hydrogen-bond acceptors (Lipinski definition) is 1. The van der Waals surface area contributed by atoms with Gasteiger partial charge in [-0.15, -0.1) is 0 Å². The fourth-order valence-corrected chi connectivity index (χ4v) is 2.88. The molecule has 1 amide bonds. The van der Waals surface area contributed by atoms with Crippen molar-refractivity contribution in [3.05, 3.63) is 66.4 Å². The third-order valence-corrected chi connectivity index (χ3v) is 3.80. The number of hydrogen-bond donors (Lipinski definition) is 2. The van der Waals surface area contributed by atoms with Gasteiger partial charge in [-0.2, -0.15) is 0 Å². The maximum absolute atomic E-state index is 11.7. The van der Waals surface area contributed by atoms with Crippen molar-refractivity contribution < 1.29 is 4.79 Å². The summed E-state index contributed by atoms with van der Waals surface area (Å²) >= 11 is 0. The van der Waals surface area contributed by atoms with Crippen molar-refractivity contribution in [2.75, 3.05) is 5.32 Å². The van der Waals surface area contributed by atoms with Gasteiger partial charge in [-0.25, -0.2) is 0 Å². The summed E-state index contributed by atoms with van der Waals surface area (Å²) in [7, 11) is 0. The van der Waals surface area contributed by atoms with E-state index in [1.165, 1.54) is 0 Å². The summed E-state index contributed by atoms with van der Waals surface area (Å²) in [5, 5.41) is 2.98. The molecule has 2 heterocycles. The minimum absolute atomic E-state index is 0.0491. The Kier molecular flexibility index (Phi) is 2.64. The van der Waals surface area contributed by atoms with Crippen molar-refractivity contribution in [3.8, 4) is 22.4 Å². The number of benzene rings is 2. The lowest BCUT2D eigenvalue weighted by atomic mass is 10.0. The summed E-state index contributed by atoms with van der Waals surface area (Å²) in [4.78, 5) is 15.1. The number of H-pyrrole nitrogens is 1. The highest BCUT2D eigenvalue weighted by atomic mass is 16.1. The molecular weight excluding hydrogens is 260 g/mol. The Morgan fingerprint density at radius 1 is 0.810 bits per heavy atom. The van der Waals surface area contributed by atoms with Crippen LogP contribution in [0.3, 0.4) is 0 Å². The Balaban J connectivity index is 1.97. The van der Waals surface area contributed by atoms with Crippen molar-refractivity contribution in [3.63, 3.8) is 0 Å². The monoisotopic (exact) mass is 274 g/mol. The quantitative estimate of drug-likeness (QED) is 0.732. The lowest BCUT2D eigenvalue weighted by Gasteiger charge is -2.07. The molecule has 0 unspecified atom stereocenters. The Hall–Kier alpha value is -2.81. The highest BCUT2D eigenvalue weighted by Gasteiger charge is 2.27. The number of carbonyl (C=O) groups is 1. The van der Waals surface area contributed by atoms with Crippen LogP contribution in [0.5, 0.6) is 0 Å². The smallest absolute Gasteiger partial charge is 0.230 e. The molecule has 4 rings (SSSR count). The van der Waals surface area contributed by atoms with E-state index in [1.807, 2.05) is 36.4 Å². The average Bonchev–Trinajstić information content (AvgIpc) is 3.05. The van der Waals surface area contributed by atoms with Crippen molar-refractivity contribution in [2.24, 2.45) is 0 Å². The lowest BCUT2D eigenvalue weighted by molar-refractivity contribution is -0.115. The third-order valence-electron chi connectivity index (χ3n) is 3.80. The first-order chi connectivity index (χ1) is 10.3. The van der Waals surface area contributed by atoms with Crippen molar-refractivity contribution >= 4 is 11.6 Å². The van der Waals surface area contributed by atoms with E-state index in [9.17, 15) is 4.79 Å². The average molecular weight is 274 g/mol. The molecule has 2 N–H and O–H groups in total. The molecule has 0 bridgehead atoms. The van der Waals surface area contributed by atoms with Crippen LogP contribution in [0, 0.1) is 0 Å². The van der Waals surface area contributed by atoms with E-state index < -0.39 is 0 Å². The molecule has 0 radical (unpaired) electrons. The van der Waals surface area contributed by atoms with Crippen LogP contribution in [0.25, 0.3) is 22.4 Å². The van der Waals surface area contributed by atoms with Crippen molar-refractivity contribution in [1.29, 1.82) is 0 Å². The molecule has 3 nitrogen and oxygen atoms in total. The number of nitrogens with one attached hydrogen (secondary N) is 2. The van der Waals surface area contributed by atoms with Gasteiger partial charge in [0.15, 0.2) is 0 Å². The maximum Gasteiger partial charge on any atom is 0.230 e. The topological polar surface area (TPSA) is 44.9 Å². The molecule has 102 valence electrons. The summed E-state index contributed by atoms with van der Waals surface area (Å²) in [6.07, 6.45) is 0.419. The molecule has 3 heteroatoms. The van der Waals surface area contributed by atoms with Gasteiger partial charge in [0.1, 0.15) is 0 Å². The van der Waals surface area contributed by atoms with Gasteiger partial charge in [-0.05, 0) is 11.1 Å². The van der Waals surface area contributed by atoms with E-state index in [0.29, 0.717) is 6.42 Å². The summed E-state index contributed by atoms with van der Waals surface area (Å²) in [6.45, 7) is 0. The van der Waals surface area contributed by atoms with Gasteiger partial charge in [0.2, 0.25) is 5.91 Å². The molecular formula is C18H14N2O. The molecule has 1 aliphatic heterocycles. The zero-order chi connectivity index (χ0) is 14.2. The van der Waals surface area contributed by atoms with Gasteiger partial charge in [-0.1, -0.05) is 60.7 Å². The maximum atomic E-state index is 11.7. The van der Waals surface area contributed by atoms with E-state index in [1.54, 1.807) is 0 Å². The minimum Gasteiger partial charge on any atom is -0.356 e. The van der Waals surface area contributed by atoms with Gasteiger partial charge in [0.25, 0.3) is 0 Å². The first-order valence-electron chi connectivity index (χ1n) is 6.98. The molecule has 0 spiro atoms. The zero-order valence-corrected chi connectivity index (χ0v) is 11.4. The van der Waals surface area contributed by atoms with E-state index >= 15 is 0 Å². The number of aromatic amines is 1. The molecule has 1 aromatic heterocycles. The second kappa shape index (κ2) is 4.63. The van der Waals surface area contributed by atoms with Crippen molar-refractivity contribution in [2.45, 2.75) is 6.42 Å². The highest BCUT2D eigenvalue weighted by Crippen LogP contribution is 2.42. The molecule has 0 fully saturated rings. The predicted octanol–water partition coefficient (Wildman–Crippen LogP) is 3.84. The SMILES string of the molecule is O=C1Cc2[nH]c(-c3ccccc3)c(-c3ccccc3)c2N1. The first kappa shape index (κ1) is 12.0. The van der Waals surface area contributed by atoms with Crippen molar-refractivity contribution in [1.82, 2.24) is 4.98 Å². The molecule has 0 saturated heterocycles. The van der Waals surface area contributed by atoms with Crippen LogP contribution < -0.4 is 5.32 Å². The fraction of sp³-hybridized carbons (Fsp3) is 0.0556. The van der Waals surface area contributed by atoms with Crippen LogP contribution >= 0.6 is 0 Å². The standard InChI is InChI=1S/C18H14N2O/c21-15-11-14-18(20-15)16(12-7-3-1-4-8-12)17(19-14)13-9-5-2-6-10-13/h1-10,19H,11H2,(H,20,21). The van der Waals surface area contributed by atoms with Crippen LogP contribution in [0.4, 0.5) is 5.69 Å². The number of anilines is 1. The molecule has 0 aliphatic carbocycles. The second-order valence-electron chi connectivity index (χ2n) is 5.19. The van der Waals surface area contributed by atoms with Crippen LogP contribution in [-0.4, -0.2) is 10.9 Å². The Bertz CT molecular complexity index is 804. The van der Waals surface area contributed by atoms with E-state index in [2.05, 4.69) is 34.6 Å². The van der Waals surface area contributed by atoms with E-state index in [0.717, 1.165) is 33.8 Å². The van der Waals surface area contributed by atoms with E-state index in [-0.39, 0.29) is 5.91 Å². The third kappa shape index (κ3) is 1.94. The van der Waals surface area contributed by atoms with E-state index in [4.69, 9.17) is 0 Å². The van der Waals surface area contributed by atoms with Gasteiger partial charge in [-0.3, -0.25) is 4.79 Å². The number of rotatable bonds is 2. The minimum atomic E-state index is 0.0491. The number of carbonyl (C=O) groups excluding carboxylic acids is 1. The molecule has 3 aromatic rings. The van der Waals surface area contributed by atoms with Gasteiger partial charge in [0.05, 0.1) is 17.8 Å². The lowest BCUT2D eigenvalue weighted by Crippen LogP contribution is -2.05. The second-order valence-corrected chi connectivity index (χ2v) is 5.19. The first-order valence-corrected chi connectivity index (χ1v) is 6.98. The highest BCUT2D eigenvalue weighted by molar-refractivity contribution is 6.06. The molecule has 0 atom stereocenters. The van der Waals surface area contributed by atoms with Crippen LogP contribution in [0.15, 0.2) is 60.7 Å². The van der Waals surface area contributed by atoms with Gasteiger partial charge < -0.3 is 10.3 Å². The van der Waals surface area contributed by atoms with Crippen LogP contribution in [-0.2, 0) is 11.2 Å². The molecule has 0 saturated carbocycles. The summed E-state index contributed by atoms with van der Waals surface area (Å²) < 4.78 is 0. The summed E-state index contributed by atoms with van der Waals surface area (Å²) in [6, 6.07) is 20.4. The number of aromatic nitrogens is 1. The Morgan fingerprint density at radius 3 is 2.10 bits per heavy atom. The van der Waals surface area contributed by atoms with Gasteiger partial charge >= 0.3 is 0 Å². The summed E-state index contributed by atoms with van der Waals surface area (Å²) in [5.41, 5.74) is 6.26. The van der Waals surface area contributed by atoms with Crippen LogP contribution in [0.1, 0.15) is 5.69 Å². The Labute approximate surface area is 122 Å². The molecule has 2 aromatic carbocycles.